The second-order valence-corrected chi connectivity index (χ2v) is 23.0. The minimum Gasteiger partial charge on any atom is -1.00 e. The first kappa shape index (κ1) is 79.8. The van der Waals surface area contributed by atoms with Crippen molar-refractivity contribution in [2.75, 3.05) is 132 Å². The van der Waals surface area contributed by atoms with Gasteiger partial charge in [0.1, 0.15) is 26.2 Å². The molecule has 76 heavy (non-hydrogen) atoms. The van der Waals surface area contributed by atoms with Crippen LogP contribution in [0.25, 0.3) is 0 Å². The molecule has 0 atom stereocenters. The Hall–Kier alpha value is -0.465. The van der Waals surface area contributed by atoms with Gasteiger partial charge in [-0.05, 0) is 63.7 Å². The molecule has 0 aromatic heterocycles. The monoisotopic (exact) mass is 1360 g/mol. The molecule has 434 valence electrons. The van der Waals surface area contributed by atoms with E-state index in [4.69, 9.17) is 71.6 Å². The van der Waals surface area contributed by atoms with Crippen molar-refractivity contribution in [2.45, 2.75) is 64.2 Å². The molecule has 3 aromatic rings. The van der Waals surface area contributed by atoms with Gasteiger partial charge in [0.2, 0.25) is 9.23 Å². The van der Waals surface area contributed by atoms with E-state index < -0.39 is 16.3 Å². The molecule has 0 aliphatic carbocycles. The van der Waals surface area contributed by atoms with Gasteiger partial charge in [0.05, 0.1) is 82.6 Å². The van der Waals surface area contributed by atoms with Crippen LogP contribution in [0.5, 0.6) is 0 Å². The van der Waals surface area contributed by atoms with E-state index in [0.29, 0.717) is 61.1 Å². The summed E-state index contributed by atoms with van der Waals surface area (Å²) in [5.41, 5.74) is 5.63. The van der Waals surface area contributed by atoms with Crippen LogP contribution < -0.4 is 50.4 Å². The Bertz CT molecular complexity index is 1940. The zero-order valence-electron chi connectivity index (χ0n) is 45.6. The quantitative estimate of drug-likeness (QED) is 0.0299. The van der Waals surface area contributed by atoms with E-state index in [9.17, 15) is 10.2 Å². The molecular weight excluding hydrogens is 1280 g/mol. The maximum atomic E-state index is 9.26. The van der Waals surface area contributed by atoms with E-state index >= 15 is 0 Å². The molecule has 27 heteroatoms. The number of benzene rings is 3. The fourth-order valence-corrected chi connectivity index (χ4v) is 8.26. The van der Waals surface area contributed by atoms with Gasteiger partial charge in [-0.2, -0.15) is 5.26 Å². The Labute approximate surface area is 506 Å². The van der Waals surface area contributed by atoms with Gasteiger partial charge in [0.15, 0.2) is 0 Å². The lowest BCUT2D eigenvalue weighted by molar-refractivity contribution is -0.923. The smallest absolute Gasteiger partial charge is 0.494 e. The maximum Gasteiger partial charge on any atom is 0.494 e. The van der Waals surface area contributed by atoms with Gasteiger partial charge in [-0.3, -0.25) is 0 Å². The number of aliphatic hydroxyl groups is 4. The minimum absolute atomic E-state index is 0. The molecule has 0 radical (unpaired) electrons. The van der Waals surface area contributed by atoms with Crippen molar-refractivity contribution in [3.05, 3.63) is 89.5 Å². The molecule has 2 aliphatic heterocycles. The number of alkyl halides is 3. The summed E-state index contributed by atoms with van der Waals surface area (Å²) in [6, 6.07) is 25.6. The molecule has 0 unspecified atom stereocenters. The summed E-state index contributed by atoms with van der Waals surface area (Å²) >= 11 is 15.1. The van der Waals surface area contributed by atoms with Crippen LogP contribution in [0.4, 0.5) is 0 Å². The molecule has 2 aliphatic rings. The first-order valence-electron chi connectivity index (χ1n) is 24.3. The van der Waals surface area contributed by atoms with Crippen molar-refractivity contribution in [3.63, 3.8) is 0 Å². The number of quaternary nitrogens is 2. The molecule has 0 spiro atoms. The third kappa shape index (κ3) is 34.1. The highest BCUT2D eigenvalue weighted by Crippen LogP contribution is 2.36. The fourth-order valence-electron chi connectivity index (χ4n) is 7.07. The number of likely N-dealkylation sites (N-methyl/N-ethyl adjacent to an activating group) is 3. The van der Waals surface area contributed by atoms with E-state index in [-0.39, 0.29) is 85.8 Å². The zero-order valence-corrected chi connectivity index (χ0v) is 54.2. The zero-order chi connectivity index (χ0) is 56.4. The Morgan fingerprint density at radius 1 is 0.711 bits per heavy atom. The van der Waals surface area contributed by atoms with Crippen molar-refractivity contribution in [3.8, 4) is 6.07 Å². The normalized spacial score (nSPS) is 14.9. The van der Waals surface area contributed by atoms with Gasteiger partial charge in [0.25, 0.3) is 0 Å². The predicted octanol–water partition coefficient (Wildman–Crippen LogP) is -2.55. The van der Waals surface area contributed by atoms with Crippen molar-refractivity contribution >= 4 is 107 Å². The molecule has 2 saturated heterocycles. The summed E-state index contributed by atoms with van der Waals surface area (Å²) in [5.74, 6) is 1.20. The van der Waals surface area contributed by atoms with E-state index in [1.54, 1.807) is 18.2 Å². The second kappa shape index (κ2) is 44.2. The highest BCUT2D eigenvalue weighted by Gasteiger charge is 2.51. The lowest BCUT2D eigenvalue weighted by atomic mass is 9.78. The van der Waals surface area contributed by atoms with Crippen LogP contribution in [0.15, 0.2) is 72.8 Å². The predicted molar refractivity (Wildman–Crippen MR) is 310 cm³/mol. The SMILES string of the molecule is CC#N.CC1(C)OB(c2ccc(CBr)cc2)OC1(C)C.CN(CCO)CCO.CN1CCOB(c2ccc(C[N+](C)(CCO)CCO)cc2)OCC1.C[N+](CCCl)(CCCl)Cc1ccc(B(O)O)cc1.O=S(Cl)Cl.[Br-].[Br-]. The van der Waals surface area contributed by atoms with Gasteiger partial charge in [-0.25, -0.2) is 4.21 Å². The van der Waals surface area contributed by atoms with Gasteiger partial charge in [0, 0.05) is 84.1 Å². The first-order chi connectivity index (χ1) is 34.9. The van der Waals surface area contributed by atoms with E-state index in [1.807, 2.05) is 36.2 Å². The number of rotatable bonds is 20. The van der Waals surface area contributed by atoms with Crippen LogP contribution in [0.3, 0.4) is 0 Å². The molecule has 16 nitrogen and oxygen atoms in total. The van der Waals surface area contributed by atoms with Gasteiger partial charge >= 0.3 is 21.4 Å². The first-order valence-corrected chi connectivity index (χ1v) is 29.3. The van der Waals surface area contributed by atoms with Crippen LogP contribution in [-0.2, 0) is 46.3 Å². The highest BCUT2D eigenvalue weighted by molar-refractivity contribution is 9.08. The number of nitrogens with zero attached hydrogens (tertiary/aromatic N) is 5. The standard InChI is InChI=1S/C17H30BN2O4.C13H18BBrO2.C12H19BCl2NO2.C5H13NO2.C2H3N.2BrH.Cl2OS/c1-19-7-13-23-18(24-14-8-19)17-5-3-16(4-6-17)15-20(2,9-11-21)10-12-22;1-12(2)13(3,4)17-14(16-12)11-7-5-10(9-15)6-8-11;1-16(8-6-14,9-7-15)10-11-2-4-12(5-3-11)13(17)18;1-6(2-4-7)3-5-8;1-2-3;;;1-4(2)3/h3-6,21-22H,7-15H2,1-2H3;5-8H,9H2,1-4H3;2-5,17-18H,6-10H2,1H3;7-8H,2-5H2,1H3;1H3;2*1H;/q+1;;+1;;;;;/p-2. The van der Waals surface area contributed by atoms with Crippen LogP contribution in [0.2, 0.25) is 0 Å². The fraction of sp³-hybridized carbons (Fsp3) is 0.612. The number of hydrogen-bond acceptors (Lipinski definition) is 14. The summed E-state index contributed by atoms with van der Waals surface area (Å²) in [6.07, 6.45) is 0. The van der Waals surface area contributed by atoms with Crippen molar-refractivity contribution in [2.24, 2.45) is 0 Å². The molecule has 0 saturated carbocycles. The number of nitriles is 1. The topological polar surface area (TPSA) is 206 Å². The number of halogens is 7. The third-order valence-electron chi connectivity index (χ3n) is 12.3. The minimum atomic E-state index is -1.67. The summed E-state index contributed by atoms with van der Waals surface area (Å²) in [6.45, 7) is 19.3. The molecule has 2 fully saturated rings. The Balaban J connectivity index is -0.000000926. The largest absolute Gasteiger partial charge is 1.00 e. The lowest BCUT2D eigenvalue weighted by Gasteiger charge is -2.33. The van der Waals surface area contributed by atoms with Crippen LogP contribution in [0.1, 0.15) is 51.3 Å². The van der Waals surface area contributed by atoms with Gasteiger partial charge < -0.3 is 102 Å². The van der Waals surface area contributed by atoms with E-state index in [2.05, 4.69) is 127 Å². The summed E-state index contributed by atoms with van der Waals surface area (Å²) in [7, 11) is 13.5. The van der Waals surface area contributed by atoms with E-state index in [0.717, 1.165) is 65.6 Å². The van der Waals surface area contributed by atoms with Gasteiger partial charge in [-0.1, -0.05) is 88.7 Å². The number of aliphatic hydroxyl groups excluding tert-OH is 4. The molecule has 5 rings (SSSR count). The molecular formula is C49H83B3Br3Cl4N5O11S. The van der Waals surface area contributed by atoms with E-state index in [1.165, 1.54) is 18.1 Å². The van der Waals surface area contributed by atoms with Crippen LogP contribution >= 0.6 is 60.5 Å². The average Bonchev–Trinajstić information content (AvgIpc) is 3.54. The van der Waals surface area contributed by atoms with Crippen LogP contribution in [0, 0.1) is 11.3 Å². The molecule has 0 bridgehead atoms. The molecule has 3 aromatic carbocycles. The van der Waals surface area contributed by atoms with Gasteiger partial charge in [-0.15, -0.1) is 23.2 Å². The summed E-state index contributed by atoms with van der Waals surface area (Å²) in [4.78, 5) is 4.06. The maximum absolute atomic E-state index is 9.26. The third-order valence-corrected chi connectivity index (χ3v) is 13.3. The molecule has 6 N–H and O–H groups in total. The second-order valence-electron chi connectivity index (χ2n) is 19.1. The Kier molecular flexibility index (Phi) is 46.3. The summed E-state index contributed by atoms with van der Waals surface area (Å²) in [5, 5.41) is 61.4. The summed E-state index contributed by atoms with van der Waals surface area (Å²) < 4.78 is 34.1. The van der Waals surface area contributed by atoms with Crippen molar-refractivity contribution < 1.29 is 96.2 Å². The number of hydrogen-bond donors (Lipinski definition) is 6. The molecule has 0 amide bonds. The Morgan fingerprint density at radius 3 is 1.38 bits per heavy atom. The van der Waals surface area contributed by atoms with Crippen LogP contribution in [-0.4, -0.2) is 218 Å². The molecule has 2 heterocycles. The van der Waals surface area contributed by atoms with Crippen molar-refractivity contribution in [1.82, 2.24) is 9.80 Å². The van der Waals surface area contributed by atoms with Crippen molar-refractivity contribution in [1.29, 1.82) is 5.26 Å². The highest BCUT2D eigenvalue weighted by atomic mass is 79.9. The Morgan fingerprint density at radius 2 is 1.05 bits per heavy atom. The lowest BCUT2D eigenvalue weighted by Crippen LogP contribution is -3.00. The average molecular weight is 1360 g/mol.